The molecular weight excluding hydrogens is 232 g/mol. The molecule has 0 heterocycles. The summed E-state index contributed by atoms with van der Waals surface area (Å²) in [6.45, 7) is 6.53. The minimum Gasteiger partial charge on any atom is -0.381 e. The molecule has 0 bridgehead atoms. The molecule has 1 aromatic carbocycles. The lowest BCUT2D eigenvalue weighted by atomic mass is 9.95. The molecule has 1 atom stereocenters. The van der Waals surface area contributed by atoms with Gasteiger partial charge in [0.15, 0.2) is 0 Å². The van der Waals surface area contributed by atoms with E-state index in [1.54, 1.807) is 6.07 Å². The van der Waals surface area contributed by atoms with E-state index in [1.807, 2.05) is 12.1 Å². The van der Waals surface area contributed by atoms with Crippen LogP contribution < -0.4 is 5.32 Å². The first-order valence-electron chi connectivity index (χ1n) is 6.09. The van der Waals surface area contributed by atoms with E-state index in [9.17, 15) is 0 Å². The summed E-state index contributed by atoms with van der Waals surface area (Å²) in [6, 6.07) is 8.01. The predicted molar refractivity (Wildman–Crippen MR) is 73.3 cm³/mol. The molecule has 1 rings (SSSR count). The fraction of sp³-hybridized carbons (Fsp3) is 0.500. The number of anilines is 1. The van der Waals surface area contributed by atoms with Gasteiger partial charge in [-0.3, -0.25) is 0 Å². The van der Waals surface area contributed by atoms with Crippen LogP contribution in [0, 0.1) is 17.2 Å². The summed E-state index contributed by atoms with van der Waals surface area (Å²) >= 11 is 6.00. The van der Waals surface area contributed by atoms with Gasteiger partial charge in [-0.25, -0.2) is 0 Å². The van der Waals surface area contributed by atoms with Crippen LogP contribution >= 0.6 is 11.6 Å². The highest BCUT2D eigenvalue weighted by Crippen LogP contribution is 2.25. The number of hydrogen-bond acceptors (Lipinski definition) is 2. The number of nitrogens with zero attached hydrogens (tertiary/aromatic N) is 1. The Morgan fingerprint density at radius 3 is 2.53 bits per heavy atom. The number of nitriles is 1. The molecule has 1 aromatic rings. The summed E-state index contributed by atoms with van der Waals surface area (Å²) in [4.78, 5) is 0. The van der Waals surface area contributed by atoms with Gasteiger partial charge in [0, 0.05) is 6.04 Å². The summed E-state index contributed by atoms with van der Waals surface area (Å²) in [6.07, 6.45) is 2.26. The predicted octanol–water partition coefficient (Wildman–Crippen LogP) is 4.45. The van der Waals surface area contributed by atoms with E-state index in [0.717, 1.165) is 18.5 Å². The van der Waals surface area contributed by atoms with Crippen molar-refractivity contribution in [3.8, 4) is 6.07 Å². The Kier molecular flexibility index (Phi) is 5.31. The van der Waals surface area contributed by atoms with E-state index in [0.29, 0.717) is 22.5 Å². The van der Waals surface area contributed by atoms with Gasteiger partial charge in [-0.1, -0.05) is 44.4 Å². The van der Waals surface area contributed by atoms with Crippen LogP contribution in [0.3, 0.4) is 0 Å². The quantitative estimate of drug-likeness (QED) is 0.838. The molecule has 3 heteroatoms. The van der Waals surface area contributed by atoms with Gasteiger partial charge >= 0.3 is 0 Å². The highest BCUT2D eigenvalue weighted by Gasteiger charge is 2.15. The van der Waals surface area contributed by atoms with Crippen molar-refractivity contribution in [2.24, 2.45) is 5.92 Å². The minimum atomic E-state index is 0.343. The largest absolute Gasteiger partial charge is 0.381 e. The second-order valence-electron chi connectivity index (χ2n) is 4.28. The average molecular weight is 251 g/mol. The summed E-state index contributed by atoms with van der Waals surface area (Å²) in [5.74, 6) is 0.612. The average Bonchev–Trinajstić information content (AvgIpc) is 2.31. The molecule has 0 spiro atoms. The van der Waals surface area contributed by atoms with E-state index < -0.39 is 0 Å². The van der Waals surface area contributed by atoms with E-state index >= 15 is 0 Å². The van der Waals surface area contributed by atoms with Gasteiger partial charge in [0.25, 0.3) is 0 Å². The standard InChI is InChI=1S/C14H19ClN2/c1-4-11(5-2)10(3)17-14-8-6-7-13(15)12(14)9-16/h6-8,10-11,17H,4-5H2,1-3H3. The second-order valence-corrected chi connectivity index (χ2v) is 4.69. The zero-order chi connectivity index (χ0) is 12.8. The molecule has 0 saturated carbocycles. The lowest BCUT2D eigenvalue weighted by molar-refractivity contribution is 0.438. The Labute approximate surface area is 109 Å². The maximum Gasteiger partial charge on any atom is 0.103 e. The van der Waals surface area contributed by atoms with Crippen LogP contribution in [0.25, 0.3) is 0 Å². The van der Waals surface area contributed by atoms with Crippen LogP contribution in [0.4, 0.5) is 5.69 Å². The number of rotatable bonds is 5. The third kappa shape index (κ3) is 3.38. The molecular formula is C14H19ClN2. The summed E-state index contributed by atoms with van der Waals surface area (Å²) < 4.78 is 0. The SMILES string of the molecule is CCC(CC)C(C)Nc1cccc(Cl)c1C#N. The zero-order valence-electron chi connectivity index (χ0n) is 10.6. The lowest BCUT2D eigenvalue weighted by Crippen LogP contribution is -2.25. The van der Waals surface area contributed by atoms with Crippen molar-refractivity contribution in [2.75, 3.05) is 5.32 Å². The summed E-state index contributed by atoms with van der Waals surface area (Å²) in [5, 5.41) is 13.0. The van der Waals surface area contributed by atoms with Gasteiger partial charge in [-0.15, -0.1) is 0 Å². The molecule has 2 nitrogen and oxygen atoms in total. The Morgan fingerprint density at radius 1 is 1.35 bits per heavy atom. The van der Waals surface area contributed by atoms with Crippen LogP contribution in [0.5, 0.6) is 0 Å². The Hall–Kier alpha value is -1.20. The highest BCUT2D eigenvalue weighted by molar-refractivity contribution is 6.32. The van der Waals surface area contributed by atoms with Crippen molar-refractivity contribution >= 4 is 17.3 Å². The first-order valence-corrected chi connectivity index (χ1v) is 6.46. The Bertz CT molecular complexity index is 405. The van der Waals surface area contributed by atoms with Gasteiger partial charge in [-0.2, -0.15) is 5.26 Å². The molecule has 0 fully saturated rings. The fourth-order valence-electron chi connectivity index (χ4n) is 2.12. The summed E-state index contributed by atoms with van der Waals surface area (Å²) in [7, 11) is 0. The maximum atomic E-state index is 9.09. The van der Waals surface area contributed by atoms with Gasteiger partial charge in [-0.05, 0) is 25.0 Å². The van der Waals surface area contributed by atoms with Crippen LogP contribution in [0.1, 0.15) is 39.2 Å². The molecule has 0 aliphatic rings. The number of benzene rings is 1. The van der Waals surface area contributed by atoms with Gasteiger partial charge in [0.2, 0.25) is 0 Å². The van der Waals surface area contributed by atoms with Crippen molar-refractivity contribution in [1.29, 1.82) is 5.26 Å². The Balaban J connectivity index is 2.89. The minimum absolute atomic E-state index is 0.343. The molecule has 0 aliphatic carbocycles. The third-order valence-corrected chi connectivity index (χ3v) is 3.58. The van der Waals surface area contributed by atoms with E-state index in [2.05, 4.69) is 32.2 Å². The molecule has 0 amide bonds. The van der Waals surface area contributed by atoms with Crippen molar-refractivity contribution < 1.29 is 0 Å². The van der Waals surface area contributed by atoms with Crippen LogP contribution in [0.15, 0.2) is 18.2 Å². The molecule has 0 saturated heterocycles. The smallest absolute Gasteiger partial charge is 0.103 e. The lowest BCUT2D eigenvalue weighted by Gasteiger charge is -2.24. The first kappa shape index (κ1) is 13.9. The van der Waals surface area contributed by atoms with Crippen molar-refractivity contribution in [3.63, 3.8) is 0 Å². The molecule has 0 aliphatic heterocycles. The van der Waals surface area contributed by atoms with Gasteiger partial charge in [0.1, 0.15) is 6.07 Å². The van der Waals surface area contributed by atoms with E-state index in [4.69, 9.17) is 16.9 Å². The highest BCUT2D eigenvalue weighted by atomic mass is 35.5. The topological polar surface area (TPSA) is 35.8 Å². The first-order chi connectivity index (χ1) is 8.13. The maximum absolute atomic E-state index is 9.09. The molecule has 0 radical (unpaired) electrons. The molecule has 1 N–H and O–H groups in total. The van der Waals surface area contributed by atoms with Crippen molar-refractivity contribution in [1.82, 2.24) is 0 Å². The fourth-order valence-corrected chi connectivity index (χ4v) is 2.33. The zero-order valence-corrected chi connectivity index (χ0v) is 11.4. The monoisotopic (exact) mass is 250 g/mol. The van der Waals surface area contributed by atoms with Crippen LogP contribution in [-0.4, -0.2) is 6.04 Å². The second kappa shape index (κ2) is 6.51. The number of nitrogens with one attached hydrogen (secondary N) is 1. The van der Waals surface area contributed by atoms with Crippen LogP contribution in [-0.2, 0) is 0 Å². The molecule has 1 unspecified atom stereocenters. The van der Waals surface area contributed by atoms with Crippen LogP contribution in [0.2, 0.25) is 5.02 Å². The number of halogens is 1. The van der Waals surface area contributed by atoms with E-state index in [-0.39, 0.29) is 0 Å². The Morgan fingerprint density at radius 2 is 2.00 bits per heavy atom. The van der Waals surface area contributed by atoms with E-state index in [1.165, 1.54) is 0 Å². The van der Waals surface area contributed by atoms with Crippen molar-refractivity contribution in [2.45, 2.75) is 39.7 Å². The molecule has 0 aromatic heterocycles. The normalized spacial score (nSPS) is 12.2. The summed E-state index contributed by atoms with van der Waals surface area (Å²) in [5.41, 5.74) is 1.37. The van der Waals surface area contributed by atoms with Gasteiger partial charge < -0.3 is 5.32 Å². The third-order valence-electron chi connectivity index (χ3n) is 3.26. The number of hydrogen-bond donors (Lipinski definition) is 1. The van der Waals surface area contributed by atoms with Gasteiger partial charge in [0.05, 0.1) is 16.3 Å². The molecule has 92 valence electrons. The van der Waals surface area contributed by atoms with Crippen molar-refractivity contribution in [3.05, 3.63) is 28.8 Å². The molecule has 17 heavy (non-hydrogen) atoms.